The van der Waals surface area contributed by atoms with Gasteiger partial charge in [0.25, 0.3) is 0 Å². The van der Waals surface area contributed by atoms with Crippen molar-refractivity contribution in [1.82, 2.24) is 5.32 Å². The third-order valence-corrected chi connectivity index (χ3v) is 1.41. The van der Waals surface area contributed by atoms with Crippen LogP contribution in [0.5, 0.6) is 0 Å². The number of hydrogen-bond donors (Lipinski definition) is 2. The third kappa shape index (κ3) is 10.2. The summed E-state index contributed by atoms with van der Waals surface area (Å²) in [6, 6.07) is 0. The number of nitrogens with one attached hydrogen (secondary N) is 1. The van der Waals surface area contributed by atoms with Gasteiger partial charge in [0.15, 0.2) is 0 Å². The molecule has 0 rings (SSSR count). The van der Waals surface area contributed by atoms with Gasteiger partial charge in [0, 0.05) is 12.4 Å². The predicted octanol–water partition coefficient (Wildman–Crippen LogP) is 0.214. The van der Waals surface area contributed by atoms with E-state index in [1.165, 1.54) is 0 Å². The monoisotopic (exact) mass is 181 g/mol. The summed E-state index contributed by atoms with van der Waals surface area (Å²) in [5.41, 5.74) is 0. The fourth-order valence-electron chi connectivity index (χ4n) is 0.628. The van der Waals surface area contributed by atoms with Crippen LogP contribution in [0.3, 0.4) is 0 Å². The van der Waals surface area contributed by atoms with E-state index in [-0.39, 0.29) is 6.61 Å². The zero-order chi connectivity index (χ0) is 8.36. The molecule has 0 aliphatic carbocycles. The molecular weight excluding hydrogens is 166 g/mol. The van der Waals surface area contributed by atoms with E-state index < -0.39 is 0 Å². The maximum atomic E-state index is 8.34. The standard InChI is InChI=1S/C7H16ClNO2/c8-2-1-3-9-4-6-11-7-5-10/h9-10H,1-7H2. The molecule has 4 heteroatoms. The first-order valence-electron chi connectivity index (χ1n) is 3.87. The Kier molecular flexibility index (Phi) is 10.3. The second-order valence-corrected chi connectivity index (χ2v) is 2.51. The summed E-state index contributed by atoms with van der Waals surface area (Å²) >= 11 is 5.46. The van der Waals surface area contributed by atoms with Crippen molar-refractivity contribution in [2.24, 2.45) is 0 Å². The molecule has 0 aromatic rings. The Morgan fingerprint density at radius 1 is 1.27 bits per heavy atom. The lowest BCUT2D eigenvalue weighted by atomic mass is 10.5. The van der Waals surface area contributed by atoms with Crippen LogP contribution in [0.1, 0.15) is 6.42 Å². The van der Waals surface area contributed by atoms with E-state index >= 15 is 0 Å². The minimum Gasteiger partial charge on any atom is -0.394 e. The zero-order valence-corrected chi connectivity index (χ0v) is 7.44. The normalized spacial score (nSPS) is 10.4. The van der Waals surface area contributed by atoms with Crippen molar-refractivity contribution in [2.75, 3.05) is 38.8 Å². The first-order chi connectivity index (χ1) is 5.41. The largest absolute Gasteiger partial charge is 0.394 e. The summed E-state index contributed by atoms with van der Waals surface area (Å²) in [6.07, 6.45) is 0.988. The molecule has 3 nitrogen and oxygen atoms in total. The van der Waals surface area contributed by atoms with Gasteiger partial charge < -0.3 is 15.2 Å². The van der Waals surface area contributed by atoms with Crippen molar-refractivity contribution in [2.45, 2.75) is 6.42 Å². The summed E-state index contributed by atoms with van der Waals surface area (Å²) in [6.45, 7) is 2.95. The predicted molar refractivity (Wildman–Crippen MR) is 46.1 cm³/mol. The maximum Gasteiger partial charge on any atom is 0.0698 e. The van der Waals surface area contributed by atoms with E-state index in [0.717, 1.165) is 19.5 Å². The molecular formula is C7H16ClNO2. The highest BCUT2D eigenvalue weighted by atomic mass is 35.5. The molecule has 0 unspecified atom stereocenters. The number of ether oxygens (including phenoxy) is 1. The lowest BCUT2D eigenvalue weighted by Gasteiger charge is -2.03. The Morgan fingerprint density at radius 2 is 2.09 bits per heavy atom. The van der Waals surface area contributed by atoms with E-state index in [4.69, 9.17) is 21.4 Å². The fraction of sp³-hybridized carbons (Fsp3) is 1.00. The minimum absolute atomic E-state index is 0.0989. The highest BCUT2D eigenvalue weighted by molar-refractivity contribution is 6.17. The average molecular weight is 182 g/mol. The van der Waals surface area contributed by atoms with E-state index in [0.29, 0.717) is 19.1 Å². The van der Waals surface area contributed by atoms with Crippen LogP contribution in [0, 0.1) is 0 Å². The van der Waals surface area contributed by atoms with Gasteiger partial charge >= 0.3 is 0 Å². The molecule has 0 aliphatic rings. The van der Waals surface area contributed by atoms with Gasteiger partial charge in [0.2, 0.25) is 0 Å². The molecule has 0 amide bonds. The van der Waals surface area contributed by atoms with Crippen molar-refractivity contribution in [3.63, 3.8) is 0 Å². The molecule has 0 radical (unpaired) electrons. The summed E-state index contributed by atoms with van der Waals surface area (Å²) in [5, 5.41) is 11.5. The lowest BCUT2D eigenvalue weighted by Crippen LogP contribution is -2.21. The molecule has 0 heterocycles. The lowest BCUT2D eigenvalue weighted by molar-refractivity contribution is 0.0940. The molecule has 68 valence electrons. The Labute approximate surface area is 72.7 Å². The number of aliphatic hydroxyl groups is 1. The minimum atomic E-state index is 0.0989. The Bertz CT molecular complexity index is 65.5. The van der Waals surface area contributed by atoms with E-state index in [1.807, 2.05) is 0 Å². The number of alkyl halides is 1. The van der Waals surface area contributed by atoms with Crippen molar-refractivity contribution in [3.05, 3.63) is 0 Å². The van der Waals surface area contributed by atoms with Crippen molar-refractivity contribution < 1.29 is 9.84 Å². The van der Waals surface area contributed by atoms with Crippen molar-refractivity contribution in [1.29, 1.82) is 0 Å². The molecule has 0 aliphatic heterocycles. The fourth-order valence-corrected chi connectivity index (χ4v) is 0.761. The van der Waals surface area contributed by atoms with E-state index in [9.17, 15) is 0 Å². The Morgan fingerprint density at radius 3 is 2.73 bits per heavy atom. The summed E-state index contributed by atoms with van der Waals surface area (Å²) in [4.78, 5) is 0. The molecule has 0 atom stereocenters. The number of hydrogen-bond acceptors (Lipinski definition) is 3. The number of aliphatic hydroxyl groups excluding tert-OH is 1. The van der Waals surface area contributed by atoms with Crippen molar-refractivity contribution >= 4 is 11.6 Å². The number of halogens is 1. The highest BCUT2D eigenvalue weighted by Crippen LogP contribution is 1.80. The van der Waals surface area contributed by atoms with Crippen LogP contribution in [-0.4, -0.2) is 43.9 Å². The second kappa shape index (κ2) is 10.2. The SMILES string of the molecule is OCCOCCNCCCCl. The van der Waals surface area contributed by atoms with E-state index in [2.05, 4.69) is 5.32 Å². The van der Waals surface area contributed by atoms with Gasteiger partial charge in [-0.3, -0.25) is 0 Å². The Balaban J connectivity index is 2.69. The van der Waals surface area contributed by atoms with Crippen LogP contribution in [-0.2, 0) is 4.74 Å². The summed E-state index contributed by atoms with van der Waals surface area (Å²) in [7, 11) is 0. The van der Waals surface area contributed by atoms with Gasteiger partial charge in [0.1, 0.15) is 0 Å². The Hall–Kier alpha value is 0.170. The zero-order valence-electron chi connectivity index (χ0n) is 6.68. The molecule has 0 spiro atoms. The topological polar surface area (TPSA) is 41.5 Å². The molecule has 0 saturated heterocycles. The van der Waals surface area contributed by atoms with Crippen LogP contribution in [0.2, 0.25) is 0 Å². The molecule has 0 fully saturated rings. The summed E-state index contributed by atoms with van der Waals surface area (Å²) in [5.74, 6) is 0.699. The molecule has 2 N–H and O–H groups in total. The van der Waals surface area contributed by atoms with Gasteiger partial charge in [0.05, 0.1) is 19.8 Å². The van der Waals surface area contributed by atoms with Gasteiger partial charge in [-0.2, -0.15) is 0 Å². The molecule has 0 aromatic carbocycles. The molecule has 11 heavy (non-hydrogen) atoms. The van der Waals surface area contributed by atoms with Gasteiger partial charge in [-0.1, -0.05) is 0 Å². The molecule has 0 saturated carbocycles. The quantitative estimate of drug-likeness (QED) is 0.416. The highest BCUT2D eigenvalue weighted by Gasteiger charge is 1.87. The van der Waals surface area contributed by atoms with E-state index in [1.54, 1.807) is 0 Å². The van der Waals surface area contributed by atoms with Crippen LogP contribution in [0.4, 0.5) is 0 Å². The second-order valence-electron chi connectivity index (χ2n) is 2.13. The third-order valence-electron chi connectivity index (χ3n) is 1.15. The van der Waals surface area contributed by atoms with Crippen LogP contribution >= 0.6 is 11.6 Å². The molecule has 0 bridgehead atoms. The van der Waals surface area contributed by atoms with Crippen LogP contribution < -0.4 is 5.32 Å². The average Bonchev–Trinajstić information content (AvgIpc) is 2.03. The first kappa shape index (κ1) is 11.2. The van der Waals surface area contributed by atoms with Crippen LogP contribution in [0.15, 0.2) is 0 Å². The first-order valence-corrected chi connectivity index (χ1v) is 4.40. The van der Waals surface area contributed by atoms with Gasteiger partial charge in [-0.15, -0.1) is 11.6 Å². The molecule has 0 aromatic heterocycles. The summed E-state index contributed by atoms with van der Waals surface area (Å²) < 4.78 is 5.02. The number of rotatable bonds is 8. The van der Waals surface area contributed by atoms with Crippen LogP contribution in [0.25, 0.3) is 0 Å². The smallest absolute Gasteiger partial charge is 0.0698 e. The van der Waals surface area contributed by atoms with Gasteiger partial charge in [-0.05, 0) is 13.0 Å². The van der Waals surface area contributed by atoms with Gasteiger partial charge in [-0.25, -0.2) is 0 Å². The maximum absolute atomic E-state index is 8.34. The van der Waals surface area contributed by atoms with Crippen molar-refractivity contribution in [3.8, 4) is 0 Å².